The van der Waals surface area contributed by atoms with Crippen LogP contribution >= 0.6 is 23.8 Å². The van der Waals surface area contributed by atoms with Crippen molar-refractivity contribution in [1.82, 2.24) is 15.3 Å². The summed E-state index contributed by atoms with van der Waals surface area (Å²) in [7, 11) is 0. The molecule has 1 aliphatic heterocycles. The largest absolute Gasteiger partial charge is 0.361 e. The first-order chi connectivity index (χ1) is 14.5. The molecule has 2 aromatic rings. The first kappa shape index (κ1) is 21.3. The molecule has 7 heteroatoms. The van der Waals surface area contributed by atoms with E-state index in [0.29, 0.717) is 11.1 Å². The minimum atomic E-state index is 0.0861. The second-order valence-corrected chi connectivity index (χ2v) is 9.39. The highest BCUT2D eigenvalue weighted by molar-refractivity contribution is 7.80. The number of benzene rings is 1. The van der Waals surface area contributed by atoms with Crippen molar-refractivity contribution in [2.75, 3.05) is 29.9 Å². The molecule has 1 saturated carbocycles. The van der Waals surface area contributed by atoms with Crippen molar-refractivity contribution >= 4 is 40.7 Å². The standard InChI is InChI=1S/C23H30ClN5S/c1-17-15-20(29-13-5-6-14-29)27-21(26-17)28-22(30)25-16-23(11-3-2-4-12-23)18-7-9-19(24)10-8-18/h7-10,15H,2-6,11-14,16H2,1H3,(H2,25,26,27,28,30). The van der Waals surface area contributed by atoms with E-state index in [2.05, 4.69) is 32.7 Å². The summed E-state index contributed by atoms with van der Waals surface area (Å²) in [6.45, 7) is 4.91. The molecular weight excluding hydrogens is 414 g/mol. The molecular formula is C23H30ClN5S. The number of nitrogens with zero attached hydrogens (tertiary/aromatic N) is 3. The molecule has 2 fully saturated rings. The summed E-state index contributed by atoms with van der Waals surface area (Å²) in [4.78, 5) is 11.5. The van der Waals surface area contributed by atoms with E-state index in [9.17, 15) is 0 Å². The summed E-state index contributed by atoms with van der Waals surface area (Å²) in [5.41, 5.74) is 2.37. The van der Waals surface area contributed by atoms with Gasteiger partial charge in [-0.25, -0.2) is 4.98 Å². The van der Waals surface area contributed by atoms with E-state index in [1.165, 1.54) is 37.7 Å². The van der Waals surface area contributed by atoms with E-state index in [4.69, 9.17) is 28.8 Å². The first-order valence-corrected chi connectivity index (χ1v) is 11.7. The van der Waals surface area contributed by atoms with Gasteiger partial charge in [0.2, 0.25) is 5.95 Å². The topological polar surface area (TPSA) is 53.1 Å². The molecule has 0 atom stereocenters. The van der Waals surface area contributed by atoms with Crippen LogP contribution in [0.2, 0.25) is 5.02 Å². The normalized spacial score (nSPS) is 18.3. The number of aryl methyl sites for hydroxylation is 1. The lowest BCUT2D eigenvalue weighted by Crippen LogP contribution is -2.43. The van der Waals surface area contributed by atoms with Gasteiger partial charge in [-0.1, -0.05) is 43.0 Å². The van der Waals surface area contributed by atoms with E-state index in [0.717, 1.165) is 49.0 Å². The van der Waals surface area contributed by atoms with Gasteiger partial charge in [-0.15, -0.1) is 0 Å². The minimum absolute atomic E-state index is 0.0861. The summed E-state index contributed by atoms with van der Waals surface area (Å²) >= 11 is 11.7. The zero-order chi connectivity index (χ0) is 21.0. The van der Waals surface area contributed by atoms with Gasteiger partial charge in [0.25, 0.3) is 0 Å². The fraction of sp³-hybridized carbons (Fsp3) is 0.522. The summed E-state index contributed by atoms with van der Waals surface area (Å²) in [5, 5.41) is 8.03. The molecule has 0 bridgehead atoms. The van der Waals surface area contributed by atoms with Crippen molar-refractivity contribution in [3.63, 3.8) is 0 Å². The van der Waals surface area contributed by atoms with Gasteiger partial charge in [-0.2, -0.15) is 4.98 Å². The van der Waals surface area contributed by atoms with E-state index in [1.807, 2.05) is 25.1 Å². The molecule has 2 aliphatic rings. The van der Waals surface area contributed by atoms with Crippen LogP contribution in [0.3, 0.4) is 0 Å². The van der Waals surface area contributed by atoms with Crippen LogP contribution in [-0.4, -0.2) is 34.7 Å². The molecule has 1 saturated heterocycles. The third-order valence-electron chi connectivity index (χ3n) is 6.35. The molecule has 5 nitrogen and oxygen atoms in total. The lowest BCUT2D eigenvalue weighted by molar-refractivity contribution is 0.292. The number of rotatable bonds is 5. The SMILES string of the molecule is Cc1cc(N2CCCC2)nc(NC(=S)NCC2(c3ccc(Cl)cc3)CCCCC2)n1. The molecule has 160 valence electrons. The Morgan fingerprint density at radius 2 is 1.77 bits per heavy atom. The quantitative estimate of drug-likeness (QED) is 0.617. The molecule has 1 aromatic heterocycles. The second-order valence-electron chi connectivity index (χ2n) is 8.54. The highest BCUT2D eigenvalue weighted by atomic mass is 35.5. The third-order valence-corrected chi connectivity index (χ3v) is 6.85. The highest BCUT2D eigenvalue weighted by Gasteiger charge is 2.34. The molecule has 0 unspecified atom stereocenters. The van der Waals surface area contributed by atoms with Gasteiger partial charge in [0.1, 0.15) is 5.82 Å². The van der Waals surface area contributed by atoms with Crippen molar-refractivity contribution in [1.29, 1.82) is 0 Å². The molecule has 30 heavy (non-hydrogen) atoms. The molecule has 0 spiro atoms. The Labute approximate surface area is 189 Å². The zero-order valence-electron chi connectivity index (χ0n) is 17.6. The highest BCUT2D eigenvalue weighted by Crippen LogP contribution is 2.39. The van der Waals surface area contributed by atoms with Crippen molar-refractivity contribution in [2.24, 2.45) is 0 Å². The molecule has 1 aliphatic carbocycles. The summed E-state index contributed by atoms with van der Waals surface area (Å²) in [5.74, 6) is 1.55. The Bertz CT molecular complexity index is 874. The number of hydrogen-bond acceptors (Lipinski definition) is 4. The average Bonchev–Trinajstić information content (AvgIpc) is 3.28. The number of hydrogen-bond donors (Lipinski definition) is 2. The summed E-state index contributed by atoms with van der Waals surface area (Å²) in [6.07, 6.45) is 8.54. The monoisotopic (exact) mass is 443 g/mol. The Morgan fingerprint density at radius 3 is 2.47 bits per heavy atom. The lowest BCUT2D eigenvalue weighted by Gasteiger charge is -2.38. The van der Waals surface area contributed by atoms with E-state index in [1.54, 1.807) is 0 Å². The number of halogens is 1. The van der Waals surface area contributed by atoms with Crippen LogP contribution in [0.15, 0.2) is 30.3 Å². The van der Waals surface area contributed by atoms with Crippen LogP contribution in [0, 0.1) is 6.92 Å². The van der Waals surface area contributed by atoms with Crippen LogP contribution in [-0.2, 0) is 5.41 Å². The van der Waals surface area contributed by atoms with Crippen LogP contribution < -0.4 is 15.5 Å². The van der Waals surface area contributed by atoms with E-state index in [-0.39, 0.29) is 5.41 Å². The molecule has 0 radical (unpaired) electrons. The molecule has 1 aromatic carbocycles. The van der Waals surface area contributed by atoms with Crippen molar-refractivity contribution in [3.05, 3.63) is 46.6 Å². The maximum Gasteiger partial charge on any atom is 0.231 e. The average molecular weight is 444 g/mol. The van der Waals surface area contributed by atoms with Crippen molar-refractivity contribution in [2.45, 2.75) is 57.3 Å². The Morgan fingerprint density at radius 1 is 1.07 bits per heavy atom. The Kier molecular flexibility index (Phi) is 6.74. The number of thiocarbonyl (C=S) groups is 1. The van der Waals surface area contributed by atoms with Gasteiger partial charge in [-0.3, -0.25) is 0 Å². The van der Waals surface area contributed by atoms with E-state index >= 15 is 0 Å². The van der Waals surface area contributed by atoms with Crippen LogP contribution in [0.4, 0.5) is 11.8 Å². The summed E-state index contributed by atoms with van der Waals surface area (Å²) < 4.78 is 0. The minimum Gasteiger partial charge on any atom is -0.361 e. The molecule has 2 heterocycles. The number of anilines is 2. The van der Waals surface area contributed by atoms with Crippen LogP contribution in [0.5, 0.6) is 0 Å². The summed E-state index contributed by atoms with van der Waals surface area (Å²) in [6, 6.07) is 10.4. The molecule has 4 rings (SSSR count). The van der Waals surface area contributed by atoms with Gasteiger partial charge < -0.3 is 15.5 Å². The molecule has 0 amide bonds. The smallest absolute Gasteiger partial charge is 0.231 e. The fourth-order valence-electron chi connectivity index (χ4n) is 4.71. The fourth-order valence-corrected chi connectivity index (χ4v) is 5.00. The molecule has 2 N–H and O–H groups in total. The number of aromatic nitrogens is 2. The zero-order valence-corrected chi connectivity index (χ0v) is 19.2. The van der Waals surface area contributed by atoms with Gasteiger partial charge in [0, 0.05) is 41.8 Å². The van der Waals surface area contributed by atoms with Gasteiger partial charge in [0.15, 0.2) is 5.11 Å². The Balaban J connectivity index is 1.43. The number of nitrogens with one attached hydrogen (secondary N) is 2. The maximum atomic E-state index is 6.12. The van der Waals surface area contributed by atoms with Crippen molar-refractivity contribution in [3.8, 4) is 0 Å². The van der Waals surface area contributed by atoms with Crippen LogP contribution in [0.25, 0.3) is 0 Å². The van der Waals surface area contributed by atoms with Gasteiger partial charge in [-0.05, 0) is 62.5 Å². The predicted octanol–water partition coefficient (Wildman–Crippen LogP) is 5.23. The first-order valence-electron chi connectivity index (χ1n) is 11.0. The van der Waals surface area contributed by atoms with Gasteiger partial charge in [0.05, 0.1) is 0 Å². The predicted molar refractivity (Wildman–Crippen MR) is 129 cm³/mol. The second kappa shape index (κ2) is 9.48. The lowest BCUT2D eigenvalue weighted by atomic mass is 9.69. The maximum absolute atomic E-state index is 6.12. The van der Waals surface area contributed by atoms with Crippen LogP contribution in [0.1, 0.15) is 56.2 Å². The third kappa shape index (κ3) is 5.03. The van der Waals surface area contributed by atoms with E-state index < -0.39 is 0 Å². The Hall–Kier alpha value is -1.92. The van der Waals surface area contributed by atoms with Crippen molar-refractivity contribution < 1.29 is 0 Å². The van der Waals surface area contributed by atoms with Gasteiger partial charge >= 0.3 is 0 Å².